The highest BCUT2D eigenvalue weighted by Crippen LogP contribution is 2.19. The number of nitrogens with zero attached hydrogens (tertiary/aromatic N) is 1. The Bertz CT molecular complexity index is 860. The van der Waals surface area contributed by atoms with Gasteiger partial charge in [0.25, 0.3) is 15.9 Å². The van der Waals surface area contributed by atoms with Gasteiger partial charge in [0, 0.05) is 24.3 Å². The van der Waals surface area contributed by atoms with Gasteiger partial charge in [0.15, 0.2) is 0 Å². The second-order valence-electron chi connectivity index (χ2n) is 5.99. The highest BCUT2D eigenvalue weighted by Gasteiger charge is 2.21. The molecule has 1 N–H and O–H groups in total. The first kappa shape index (κ1) is 17.4. The number of halogens is 1. The van der Waals surface area contributed by atoms with Crippen molar-refractivity contribution in [3.05, 3.63) is 59.9 Å². The van der Waals surface area contributed by atoms with E-state index < -0.39 is 15.8 Å². The van der Waals surface area contributed by atoms with Crippen molar-refractivity contribution in [1.82, 2.24) is 4.90 Å². The van der Waals surface area contributed by atoms with Gasteiger partial charge in [-0.2, -0.15) is 0 Å². The second kappa shape index (κ2) is 7.23. The van der Waals surface area contributed by atoms with Gasteiger partial charge in [-0.15, -0.1) is 0 Å². The molecule has 0 bridgehead atoms. The van der Waals surface area contributed by atoms with Crippen molar-refractivity contribution in [3.63, 3.8) is 0 Å². The van der Waals surface area contributed by atoms with Crippen LogP contribution in [-0.4, -0.2) is 32.3 Å². The van der Waals surface area contributed by atoms with E-state index in [0.717, 1.165) is 19.3 Å². The average molecular weight is 362 g/mol. The summed E-state index contributed by atoms with van der Waals surface area (Å²) in [7, 11) is -3.86. The number of nitrogens with one attached hydrogen (secondary N) is 1. The minimum absolute atomic E-state index is 0.000292. The highest BCUT2D eigenvalue weighted by atomic mass is 32.2. The number of benzene rings is 2. The first-order valence-corrected chi connectivity index (χ1v) is 9.62. The van der Waals surface area contributed by atoms with Crippen LogP contribution in [0.1, 0.15) is 29.6 Å². The Hall–Kier alpha value is -2.41. The van der Waals surface area contributed by atoms with E-state index in [-0.39, 0.29) is 16.5 Å². The third-order valence-electron chi connectivity index (χ3n) is 4.13. The van der Waals surface area contributed by atoms with E-state index >= 15 is 0 Å². The van der Waals surface area contributed by atoms with Crippen LogP contribution >= 0.6 is 0 Å². The summed E-state index contributed by atoms with van der Waals surface area (Å²) in [6, 6.07) is 11.0. The normalized spacial score (nSPS) is 15.0. The van der Waals surface area contributed by atoms with E-state index in [0.29, 0.717) is 18.7 Å². The predicted molar refractivity (Wildman–Crippen MR) is 93.4 cm³/mol. The third-order valence-corrected chi connectivity index (χ3v) is 5.51. The van der Waals surface area contributed by atoms with Crippen molar-refractivity contribution < 1.29 is 17.6 Å². The summed E-state index contributed by atoms with van der Waals surface area (Å²) < 4.78 is 40.3. The molecule has 1 amide bonds. The summed E-state index contributed by atoms with van der Waals surface area (Å²) in [4.78, 5) is 14.3. The van der Waals surface area contributed by atoms with Crippen LogP contribution in [0.3, 0.4) is 0 Å². The number of anilines is 1. The van der Waals surface area contributed by atoms with Crippen molar-refractivity contribution in [1.29, 1.82) is 0 Å². The largest absolute Gasteiger partial charge is 0.339 e. The maximum atomic E-state index is 12.9. The number of amides is 1. The molecule has 0 aromatic heterocycles. The molecule has 1 aliphatic rings. The summed E-state index contributed by atoms with van der Waals surface area (Å²) in [5.74, 6) is -0.601. The number of hydrogen-bond acceptors (Lipinski definition) is 3. The molecule has 1 fully saturated rings. The molecule has 0 spiro atoms. The quantitative estimate of drug-likeness (QED) is 0.908. The third kappa shape index (κ3) is 4.17. The van der Waals surface area contributed by atoms with Gasteiger partial charge in [-0.25, -0.2) is 12.8 Å². The van der Waals surface area contributed by atoms with Crippen molar-refractivity contribution in [3.8, 4) is 0 Å². The summed E-state index contributed by atoms with van der Waals surface area (Å²) in [6.07, 6.45) is 3.05. The SMILES string of the molecule is O=C(c1cccc(S(=O)(=O)Nc2ccc(F)cc2)c1)N1CCCCC1. The summed E-state index contributed by atoms with van der Waals surface area (Å²) >= 11 is 0. The molecule has 3 rings (SSSR count). The standard InChI is InChI=1S/C18H19FN2O3S/c19-15-7-9-16(10-8-15)20-25(23,24)17-6-4-5-14(13-17)18(22)21-11-2-1-3-12-21/h4-10,13,20H,1-3,11-12H2. The summed E-state index contributed by atoms with van der Waals surface area (Å²) in [6.45, 7) is 1.40. The van der Waals surface area contributed by atoms with Gasteiger partial charge < -0.3 is 4.90 Å². The van der Waals surface area contributed by atoms with Crippen LogP contribution in [0.2, 0.25) is 0 Å². The zero-order chi connectivity index (χ0) is 17.9. The van der Waals surface area contributed by atoms with E-state index in [1.165, 1.54) is 36.4 Å². The summed E-state index contributed by atoms with van der Waals surface area (Å²) in [5, 5.41) is 0. The molecule has 1 heterocycles. The monoisotopic (exact) mass is 362 g/mol. The van der Waals surface area contributed by atoms with E-state index in [1.807, 2.05) is 0 Å². The van der Waals surface area contributed by atoms with Gasteiger partial charge in [0.2, 0.25) is 0 Å². The lowest BCUT2D eigenvalue weighted by Crippen LogP contribution is -2.35. The predicted octanol–water partition coefficient (Wildman–Crippen LogP) is 3.25. The molecule has 2 aromatic carbocycles. The van der Waals surface area contributed by atoms with Gasteiger partial charge in [-0.05, 0) is 61.7 Å². The van der Waals surface area contributed by atoms with E-state index in [4.69, 9.17) is 0 Å². The summed E-state index contributed by atoms with van der Waals surface area (Å²) in [5.41, 5.74) is 0.609. The molecule has 0 aliphatic carbocycles. The van der Waals surface area contributed by atoms with Crippen molar-refractivity contribution in [2.24, 2.45) is 0 Å². The molecule has 0 unspecified atom stereocenters. The first-order chi connectivity index (χ1) is 12.0. The van der Waals surface area contributed by atoms with Crippen LogP contribution in [0.5, 0.6) is 0 Å². The van der Waals surface area contributed by atoms with Crippen LogP contribution in [0.15, 0.2) is 53.4 Å². The fourth-order valence-corrected chi connectivity index (χ4v) is 3.91. The number of carbonyl (C=O) groups excluding carboxylic acids is 1. The molecule has 0 radical (unpaired) electrons. The number of piperidine rings is 1. The molecule has 132 valence electrons. The van der Waals surface area contributed by atoms with Gasteiger partial charge in [-0.3, -0.25) is 9.52 Å². The minimum atomic E-state index is -3.86. The second-order valence-corrected chi connectivity index (χ2v) is 7.68. The molecule has 25 heavy (non-hydrogen) atoms. The van der Waals surface area contributed by atoms with Crippen molar-refractivity contribution in [2.45, 2.75) is 24.2 Å². The number of carbonyl (C=O) groups is 1. The smallest absolute Gasteiger partial charge is 0.261 e. The fourth-order valence-electron chi connectivity index (χ4n) is 2.81. The van der Waals surface area contributed by atoms with Crippen LogP contribution in [0.4, 0.5) is 10.1 Å². The molecule has 2 aromatic rings. The molecule has 1 aliphatic heterocycles. The molecule has 7 heteroatoms. The van der Waals surface area contributed by atoms with Crippen LogP contribution in [0.25, 0.3) is 0 Å². The van der Waals surface area contributed by atoms with E-state index in [1.54, 1.807) is 17.0 Å². The maximum Gasteiger partial charge on any atom is 0.261 e. The Morgan fingerprint density at radius 2 is 1.68 bits per heavy atom. The van der Waals surface area contributed by atoms with E-state index in [2.05, 4.69) is 4.72 Å². The molecule has 1 saturated heterocycles. The van der Waals surface area contributed by atoms with Crippen molar-refractivity contribution >= 4 is 21.6 Å². The highest BCUT2D eigenvalue weighted by molar-refractivity contribution is 7.92. The first-order valence-electron chi connectivity index (χ1n) is 8.13. The van der Waals surface area contributed by atoms with E-state index in [9.17, 15) is 17.6 Å². The van der Waals surface area contributed by atoms with Gasteiger partial charge in [0.1, 0.15) is 5.82 Å². The number of sulfonamides is 1. The molecule has 0 saturated carbocycles. The molecular weight excluding hydrogens is 343 g/mol. The molecule has 0 atom stereocenters. The number of rotatable bonds is 4. The molecule has 5 nitrogen and oxygen atoms in total. The number of hydrogen-bond donors (Lipinski definition) is 1. The lowest BCUT2D eigenvalue weighted by molar-refractivity contribution is 0.0724. The Kier molecular flexibility index (Phi) is 5.03. The average Bonchev–Trinajstić information content (AvgIpc) is 2.64. The Labute approximate surface area is 146 Å². The van der Waals surface area contributed by atoms with Gasteiger partial charge in [0.05, 0.1) is 4.90 Å². The lowest BCUT2D eigenvalue weighted by atomic mass is 10.1. The fraction of sp³-hybridized carbons (Fsp3) is 0.278. The molecular formula is C18H19FN2O3S. The van der Waals surface area contributed by atoms with Gasteiger partial charge >= 0.3 is 0 Å². The zero-order valence-corrected chi connectivity index (χ0v) is 14.4. The van der Waals surface area contributed by atoms with Crippen LogP contribution in [0, 0.1) is 5.82 Å². The lowest BCUT2D eigenvalue weighted by Gasteiger charge is -2.26. The van der Waals surface area contributed by atoms with Crippen LogP contribution < -0.4 is 4.72 Å². The Morgan fingerprint density at radius 3 is 2.36 bits per heavy atom. The van der Waals surface area contributed by atoms with Crippen molar-refractivity contribution in [2.75, 3.05) is 17.8 Å². The van der Waals surface area contributed by atoms with Crippen LogP contribution in [-0.2, 0) is 10.0 Å². The maximum absolute atomic E-state index is 12.9. The Balaban J connectivity index is 1.82. The zero-order valence-electron chi connectivity index (χ0n) is 13.6. The number of likely N-dealkylation sites (tertiary alicyclic amines) is 1. The minimum Gasteiger partial charge on any atom is -0.339 e. The topological polar surface area (TPSA) is 66.5 Å². The Morgan fingerprint density at radius 1 is 1.00 bits per heavy atom. The van der Waals surface area contributed by atoms with Gasteiger partial charge in [-0.1, -0.05) is 6.07 Å².